The van der Waals surface area contributed by atoms with Crippen LogP contribution in [0.25, 0.3) is 0 Å². The summed E-state index contributed by atoms with van der Waals surface area (Å²) < 4.78 is 20.4. The second-order valence-electron chi connectivity index (χ2n) is 2.71. The zero-order valence-corrected chi connectivity index (χ0v) is 6.47. The Morgan fingerprint density at radius 3 is 2.92 bits per heavy atom. The number of hydrogen-bond acceptors (Lipinski definition) is 5. The molecular weight excluding hydrogens is 164 g/mol. The highest BCUT2D eigenvalue weighted by atomic mass is 16.7. The van der Waals surface area contributed by atoms with Gasteiger partial charge in [0.1, 0.15) is 31.9 Å². The maximum atomic E-state index is 10.5. The van der Waals surface area contributed by atoms with Crippen LogP contribution in [0.2, 0.25) is 0 Å². The summed E-state index contributed by atoms with van der Waals surface area (Å²) in [5.74, 6) is 0. The molecule has 0 aliphatic carbocycles. The van der Waals surface area contributed by atoms with Gasteiger partial charge in [-0.25, -0.2) is 0 Å². The van der Waals surface area contributed by atoms with E-state index in [1.54, 1.807) is 0 Å². The number of carbonyl (C=O) groups excluding carboxylic acids is 1. The summed E-state index contributed by atoms with van der Waals surface area (Å²) in [4.78, 5) is 10.5. The Morgan fingerprint density at radius 2 is 2.08 bits per heavy atom. The predicted molar refractivity (Wildman–Crippen MR) is 36.4 cm³/mol. The molecule has 5 heteroatoms. The van der Waals surface area contributed by atoms with Crippen LogP contribution < -0.4 is 0 Å². The average Bonchev–Trinajstić information content (AvgIpc) is 2.17. The number of hydrogen-bond donors (Lipinski definition) is 0. The lowest BCUT2D eigenvalue weighted by atomic mass is 10.1. The van der Waals surface area contributed by atoms with Crippen LogP contribution in [-0.4, -0.2) is 44.8 Å². The molecule has 3 atom stereocenters. The summed E-state index contributed by atoms with van der Waals surface area (Å²) in [6.07, 6.45) is -0.230. The SMILES string of the molecule is O=C[C@H]1OCO[C@H]2COCO[C@H]21. The minimum absolute atomic E-state index is 0.136. The van der Waals surface area contributed by atoms with Crippen molar-refractivity contribution in [2.75, 3.05) is 20.2 Å². The Hall–Kier alpha value is -0.490. The van der Waals surface area contributed by atoms with E-state index in [0.717, 1.165) is 6.29 Å². The molecule has 0 bridgehead atoms. The highest BCUT2D eigenvalue weighted by Crippen LogP contribution is 2.19. The van der Waals surface area contributed by atoms with Crippen molar-refractivity contribution in [2.45, 2.75) is 18.3 Å². The first-order chi connectivity index (χ1) is 5.92. The van der Waals surface area contributed by atoms with Crippen LogP contribution >= 0.6 is 0 Å². The highest BCUT2D eigenvalue weighted by Gasteiger charge is 2.38. The topological polar surface area (TPSA) is 54.0 Å². The molecule has 2 rings (SSSR count). The molecule has 2 fully saturated rings. The molecule has 2 heterocycles. The minimum atomic E-state index is -0.507. The first-order valence-electron chi connectivity index (χ1n) is 3.79. The summed E-state index contributed by atoms with van der Waals surface area (Å²) in [5, 5.41) is 0. The lowest BCUT2D eigenvalue weighted by molar-refractivity contribution is -0.292. The fourth-order valence-corrected chi connectivity index (χ4v) is 1.36. The van der Waals surface area contributed by atoms with E-state index in [-0.39, 0.29) is 25.8 Å². The maximum absolute atomic E-state index is 10.5. The van der Waals surface area contributed by atoms with E-state index >= 15 is 0 Å². The monoisotopic (exact) mass is 174 g/mol. The van der Waals surface area contributed by atoms with Gasteiger partial charge in [0.15, 0.2) is 6.29 Å². The van der Waals surface area contributed by atoms with Crippen molar-refractivity contribution in [3.8, 4) is 0 Å². The number of aldehydes is 1. The van der Waals surface area contributed by atoms with Crippen LogP contribution in [0.4, 0.5) is 0 Å². The van der Waals surface area contributed by atoms with Gasteiger partial charge in [0.05, 0.1) is 6.61 Å². The predicted octanol–water partition coefficient (Wildman–Crippen LogP) is -0.700. The molecule has 0 unspecified atom stereocenters. The zero-order valence-electron chi connectivity index (χ0n) is 6.47. The molecule has 0 amide bonds. The summed E-state index contributed by atoms with van der Waals surface area (Å²) in [5.41, 5.74) is 0. The molecule has 0 aromatic rings. The zero-order chi connectivity index (χ0) is 8.39. The van der Waals surface area contributed by atoms with Crippen molar-refractivity contribution >= 4 is 6.29 Å². The quantitative estimate of drug-likeness (QED) is 0.492. The smallest absolute Gasteiger partial charge is 0.151 e. The van der Waals surface area contributed by atoms with Crippen molar-refractivity contribution in [1.29, 1.82) is 0 Å². The van der Waals surface area contributed by atoms with Crippen molar-refractivity contribution in [1.82, 2.24) is 0 Å². The van der Waals surface area contributed by atoms with Gasteiger partial charge in [-0.05, 0) is 0 Å². The number of fused-ring (bicyclic) bond motifs is 1. The average molecular weight is 174 g/mol. The molecule has 0 radical (unpaired) electrons. The van der Waals surface area contributed by atoms with Gasteiger partial charge in [-0.2, -0.15) is 0 Å². The molecule has 0 aromatic carbocycles. The molecule has 68 valence electrons. The Kier molecular flexibility index (Phi) is 2.36. The van der Waals surface area contributed by atoms with Crippen LogP contribution in [0.5, 0.6) is 0 Å². The fourth-order valence-electron chi connectivity index (χ4n) is 1.36. The van der Waals surface area contributed by atoms with Gasteiger partial charge in [-0.3, -0.25) is 0 Å². The second-order valence-corrected chi connectivity index (χ2v) is 2.71. The molecule has 0 saturated carbocycles. The van der Waals surface area contributed by atoms with Gasteiger partial charge in [0.2, 0.25) is 0 Å². The first kappa shape index (κ1) is 8.12. The third-order valence-electron chi connectivity index (χ3n) is 1.99. The summed E-state index contributed by atoms with van der Waals surface area (Å²) in [6, 6.07) is 0. The summed E-state index contributed by atoms with van der Waals surface area (Å²) in [7, 11) is 0. The van der Waals surface area contributed by atoms with E-state index in [9.17, 15) is 4.79 Å². The molecule has 5 nitrogen and oxygen atoms in total. The van der Waals surface area contributed by atoms with Crippen molar-refractivity contribution < 1.29 is 23.7 Å². The van der Waals surface area contributed by atoms with Gasteiger partial charge in [-0.15, -0.1) is 0 Å². The lowest BCUT2D eigenvalue weighted by Crippen LogP contribution is -2.53. The molecule has 2 aliphatic rings. The van der Waals surface area contributed by atoms with Crippen molar-refractivity contribution in [3.05, 3.63) is 0 Å². The molecule has 2 saturated heterocycles. The van der Waals surface area contributed by atoms with E-state index in [0.29, 0.717) is 6.61 Å². The molecule has 0 spiro atoms. The van der Waals surface area contributed by atoms with E-state index < -0.39 is 6.10 Å². The third-order valence-corrected chi connectivity index (χ3v) is 1.99. The summed E-state index contributed by atoms with van der Waals surface area (Å²) in [6.45, 7) is 0.813. The van der Waals surface area contributed by atoms with Crippen LogP contribution in [0.3, 0.4) is 0 Å². The molecule has 0 N–H and O–H groups in total. The number of ether oxygens (including phenoxy) is 4. The minimum Gasteiger partial charge on any atom is -0.353 e. The van der Waals surface area contributed by atoms with E-state index in [1.807, 2.05) is 0 Å². The van der Waals surface area contributed by atoms with Crippen molar-refractivity contribution in [2.24, 2.45) is 0 Å². The van der Waals surface area contributed by atoms with Crippen LogP contribution in [-0.2, 0) is 23.7 Å². The summed E-state index contributed by atoms with van der Waals surface area (Å²) >= 11 is 0. The van der Waals surface area contributed by atoms with E-state index in [2.05, 4.69) is 0 Å². The van der Waals surface area contributed by atoms with Gasteiger partial charge >= 0.3 is 0 Å². The largest absolute Gasteiger partial charge is 0.353 e. The molecule has 0 aromatic heterocycles. The number of carbonyl (C=O) groups is 1. The standard InChI is InChI=1S/C7H10O5/c8-1-5-7-6(11-4-10-5)2-9-3-12-7/h1,5-7H,2-4H2/t5-,6+,7+/m1/s1. The Labute approximate surface area is 69.5 Å². The van der Waals surface area contributed by atoms with Gasteiger partial charge in [0.25, 0.3) is 0 Å². The third kappa shape index (κ3) is 1.36. The first-order valence-corrected chi connectivity index (χ1v) is 3.79. The molecule has 12 heavy (non-hydrogen) atoms. The Balaban J connectivity index is 2.03. The van der Waals surface area contributed by atoms with Crippen LogP contribution in [0, 0.1) is 0 Å². The van der Waals surface area contributed by atoms with Gasteiger partial charge in [-0.1, -0.05) is 0 Å². The van der Waals surface area contributed by atoms with Crippen LogP contribution in [0.15, 0.2) is 0 Å². The van der Waals surface area contributed by atoms with Crippen molar-refractivity contribution in [3.63, 3.8) is 0 Å². The maximum Gasteiger partial charge on any atom is 0.151 e. The van der Waals surface area contributed by atoms with Crippen LogP contribution in [0.1, 0.15) is 0 Å². The van der Waals surface area contributed by atoms with E-state index in [4.69, 9.17) is 18.9 Å². The van der Waals surface area contributed by atoms with Gasteiger partial charge < -0.3 is 23.7 Å². The Morgan fingerprint density at radius 1 is 1.17 bits per heavy atom. The van der Waals surface area contributed by atoms with E-state index in [1.165, 1.54) is 0 Å². The fraction of sp³-hybridized carbons (Fsp3) is 0.857. The normalized spacial score (nSPS) is 41.8. The number of rotatable bonds is 1. The second kappa shape index (κ2) is 3.49. The molecular formula is C7H10O5. The lowest BCUT2D eigenvalue weighted by Gasteiger charge is -2.37. The van der Waals surface area contributed by atoms with Gasteiger partial charge in [0, 0.05) is 0 Å². The highest BCUT2D eigenvalue weighted by molar-refractivity contribution is 5.57. The Bertz CT molecular complexity index is 169. The molecule has 2 aliphatic heterocycles.